The van der Waals surface area contributed by atoms with Gasteiger partial charge in [0.2, 0.25) is 5.91 Å². The number of rotatable bonds is 1. The third-order valence-electron chi connectivity index (χ3n) is 4.49. The molecule has 1 heterocycles. The Bertz CT molecular complexity index is 486. The van der Waals surface area contributed by atoms with E-state index in [1.54, 1.807) is 0 Å². The van der Waals surface area contributed by atoms with Crippen LogP contribution in [0.25, 0.3) is 0 Å². The number of amides is 1. The molecule has 1 aliphatic heterocycles. The molecule has 18 heavy (non-hydrogen) atoms. The molecule has 1 amide bonds. The summed E-state index contributed by atoms with van der Waals surface area (Å²) in [6.07, 6.45) is 6.43. The van der Waals surface area contributed by atoms with Crippen molar-refractivity contribution in [2.45, 2.75) is 37.6 Å². The predicted octanol–water partition coefficient (Wildman–Crippen LogP) is 3.03. The molecule has 94 valence electrons. The van der Waals surface area contributed by atoms with Crippen molar-refractivity contribution < 1.29 is 4.79 Å². The lowest BCUT2D eigenvalue weighted by Gasteiger charge is -2.42. The van der Waals surface area contributed by atoms with E-state index in [-0.39, 0.29) is 11.3 Å². The molecule has 0 N–H and O–H groups in total. The van der Waals surface area contributed by atoms with Gasteiger partial charge in [-0.2, -0.15) is 0 Å². The maximum atomic E-state index is 11.9. The summed E-state index contributed by atoms with van der Waals surface area (Å²) in [6, 6.07) is 8.63. The van der Waals surface area contributed by atoms with Crippen molar-refractivity contribution in [3.8, 4) is 0 Å². The SMILES string of the molecule is C=CC(=O)N1Cc2ccccc2C2(CCCC2)C1. The van der Waals surface area contributed by atoms with Gasteiger partial charge in [0, 0.05) is 18.5 Å². The Morgan fingerprint density at radius 1 is 1.28 bits per heavy atom. The standard InChI is InChI=1S/C16H19NO/c1-2-15(18)17-11-13-7-3-4-8-14(13)16(12-17)9-5-6-10-16/h2-4,7-8H,1,5-6,9-12H2. The van der Waals surface area contributed by atoms with E-state index < -0.39 is 0 Å². The Hall–Kier alpha value is -1.57. The lowest BCUT2D eigenvalue weighted by atomic mass is 9.74. The predicted molar refractivity (Wildman–Crippen MR) is 72.2 cm³/mol. The minimum Gasteiger partial charge on any atom is -0.334 e. The molecular weight excluding hydrogens is 222 g/mol. The molecule has 2 nitrogen and oxygen atoms in total. The molecule has 1 aromatic carbocycles. The number of hydrogen-bond acceptors (Lipinski definition) is 1. The second-order valence-corrected chi connectivity index (χ2v) is 5.54. The molecule has 1 fully saturated rings. The molecule has 3 rings (SSSR count). The van der Waals surface area contributed by atoms with Crippen LogP contribution in [-0.4, -0.2) is 17.4 Å². The van der Waals surface area contributed by atoms with E-state index in [1.165, 1.54) is 42.9 Å². The number of fused-ring (bicyclic) bond motifs is 2. The van der Waals surface area contributed by atoms with Gasteiger partial charge < -0.3 is 4.90 Å². The van der Waals surface area contributed by atoms with Gasteiger partial charge >= 0.3 is 0 Å². The van der Waals surface area contributed by atoms with Crippen LogP contribution in [0.1, 0.15) is 36.8 Å². The number of carbonyl (C=O) groups excluding carboxylic acids is 1. The lowest BCUT2D eigenvalue weighted by Crippen LogP contribution is -2.46. The van der Waals surface area contributed by atoms with E-state index in [0.717, 1.165) is 13.1 Å². The largest absolute Gasteiger partial charge is 0.334 e. The van der Waals surface area contributed by atoms with Crippen LogP contribution in [0.5, 0.6) is 0 Å². The summed E-state index contributed by atoms with van der Waals surface area (Å²) in [5.41, 5.74) is 3.02. The second-order valence-electron chi connectivity index (χ2n) is 5.54. The van der Waals surface area contributed by atoms with Crippen molar-refractivity contribution in [3.63, 3.8) is 0 Å². The van der Waals surface area contributed by atoms with Gasteiger partial charge in [-0.25, -0.2) is 0 Å². The van der Waals surface area contributed by atoms with E-state index in [9.17, 15) is 4.79 Å². The minimum absolute atomic E-state index is 0.0655. The molecule has 0 saturated heterocycles. The van der Waals surface area contributed by atoms with Crippen LogP contribution in [0, 0.1) is 0 Å². The van der Waals surface area contributed by atoms with E-state index in [0.29, 0.717) is 0 Å². The van der Waals surface area contributed by atoms with E-state index in [4.69, 9.17) is 0 Å². The van der Waals surface area contributed by atoms with Gasteiger partial charge in [0.05, 0.1) is 0 Å². The van der Waals surface area contributed by atoms with Gasteiger partial charge in [0.1, 0.15) is 0 Å². The highest BCUT2D eigenvalue weighted by atomic mass is 16.2. The van der Waals surface area contributed by atoms with Crippen LogP contribution in [0.3, 0.4) is 0 Å². The summed E-state index contributed by atoms with van der Waals surface area (Å²) in [5, 5.41) is 0. The topological polar surface area (TPSA) is 20.3 Å². The monoisotopic (exact) mass is 241 g/mol. The number of benzene rings is 1. The Morgan fingerprint density at radius 3 is 2.72 bits per heavy atom. The molecule has 0 radical (unpaired) electrons. The van der Waals surface area contributed by atoms with Crippen LogP contribution in [0.4, 0.5) is 0 Å². The van der Waals surface area contributed by atoms with Crippen LogP contribution in [0.15, 0.2) is 36.9 Å². The third kappa shape index (κ3) is 1.67. The van der Waals surface area contributed by atoms with Gasteiger partial charge in [-0.15, -0.1) is 0 Å². The van der Waals surface area contributed by atoms with Gasteiger partial charge in [-0.05, 0) is 30.0 Å². The molecule has 0 unspecified atom stereocenters. The fraction of sp³-hybridized carbons (Fsp3) is 0.438. The Morgan fingerprint density at radius 2 is 2.00 bits per heavy atom. The highest BCUT2D eigenvalue weighted by molar-refractivity contribution is 5.87. The Balaban J connectivity index is 2.04. The van der Waals surface area contributed by atoms with Crippen LogP contribution in [0.2, 0.25) is 0 Å². The molecule has 2 heteroatoms. The first-order valence-electron chi connectivity index (χ1n) is 6.75. The van der Waals surface area contributed by atoms with Crippen LogP contribution >= 0.6 is 0 Å². The molecule has 0 bridgehead atoms. The maximum Gasteiger partial charge on any atom is 0.246 e. The number of carbonyl (C=O) groups is 1. The quantitative estimate of drug-likeness (QED) is 0.692. The van der Waals surface area contributed by atoms with Gasteiger partial charge in [0.15, 0.2) is 0 Å². The Kier molecular flexibility index (Phi) is 2.73. The van der Waals surface area contributed by atoms with Crippen molar-refractivity contribution in [1.82, 2.24) is 4.90 Å². The summed E-state index contributed by atoms with van der Waals surface area (Å²) in [6.45, 7) is 5.22. The zero-order valence-electron chi connectivity index (χ0n) is 10.7. The fourth-order valence-electron chi connectivity index (χ4n) is 3.65. The summed E-state index contributed by atoms with van der Waals surface area (Å²) >= 11 is 0. The first-order valence-corrected chi connectivity index (χ1v) is 6.75. The van der Waals surface area contributed by atoms with Crippen LogP contribution in [-0.2, 0) is 16.8 Å². The lowest BCUT2D eigenvalue weighted by molar-refractivity contribution is -0.128. The molecule has 0 aromatic heterocycles. The average Bonchev–Trinajstić information content (AvgIpc) is 2.87. The fourth-order valence-corrected chi connectivity index (χ4v) is 3.65. The van der Waals surface area contributed by atoms with Crippen molar-refractivity contribution in [1.29, 1.82) is 0 Å². The van der Waals surface area contributed by atoms with E-state index in [2.05, 4.69) is 30.8 Å². The molecule has 1 aliphatic carbocycles. The summed E-state index contributed by atoms with van der Waals surface area (Å²) in [7, 11) is 0. The second kappa shape index (κ2) is 4.27. The minimum atomic E-state index is 0.0655. The normalized spacial score (nSPS) is 20.8. The Labute approximate surface area is 108 Å². The van der Waals surface area contributed by atoms with Crippen molar-refractivity contribution in [2.24, 2.45) is 0 Å². The van der Waals surface area contributed by atoms with Crippen molar-refractivity contribution in [2.75, 3.05) is 6.54 Å². The molecule has 0 atom stereocenters. The zero-order valence-corrected chi connectivity index (χ0v) is 10.7. The summed E-state index contributed by atoms with van der Waals surface area (Å²) < 4.78 is 0. The molecule has 2 aliphatic rings. The number of nitrogens with zero attached hydrogens (tertiary/aromatic N) is 1. The van der Waals surface area contributed by atoms with Gasteiger partial charge in [0.25, 0.3) is 0 Å². The molecular formula is C16H19NO. The van der Waals surface area contributed by atoms with Crippen molar-refractivity contribution in [3.05, 3.63) is 48.0 Å². The molecule has 1 aromatic rings. The van der Waals surface area contributed by atoms with E-state index >= 15 is 0 Å². The molecule has 1 spiro atoms. The molecule has 1 saturated carbocycles. The average molecular weight is 241 g/mol. The first-order chi connectivity index (χ1) is 8.75. The van der Waals surface area contributed by atoms with E-state index in [1.807, 2.05) is 4.90 Å². The highest BCUT2D eigenvalue weighted by Crippen LogP contribution is 2.45. The van der Waals surface area contributed by atoms with Gasteiger partial charge in [-0.3, -0.25) is 4.79 Å². The number of hydrogen-bond donors (Lipinski definition) is 0. The summed E-state index contributed by atoms with van der Waals surface area (Å²) in [5.74, 6) is 0.0655. The maximum absolute atomic E-state index is 11.9. The summed E-state index contributed by atoms with van der Waals surface area (Å²) in [4.78, 5) is 13.9. The zero-order chi connectivity index (χ0) is 12.6. The highest BCUT2D eigenvalue weighted by Gasteiger charge is 2.42. The third-order valence-corrected chi connectivity index (χ3v) is 4.49. The first kappa shape index (κ1) is 11.5. The van der Waals surface area contributed by atoms with Gasteiger partial charge in [-0.1, -0.05) is 43.7 Å². The smallest absolute Gasteiger partial charge is 0.246 e. The van der Waals surface area contributed by atoms with Crippen molar-refractivity contribution >= 4 is 5.91 Å². The van der Waals surface area contributed by atoms with Crippen LogP contribution < -0.4 is 0 Å².